The van der Waals surface area contributed by atoms with E-state index >= 15 is 0 Å². The lowest BCUT2D eigenvalue weighted by molar-refractivity contribution is -0.115. The van der Waals surface area contributed by atoms with E-state index in [1.165, 1.54) is 0 Å². The first-order chi connectivity index (χ1) is 17.2. The zero-order valence-electron chi connectivity index (χ0n) is 21.7. The van der Waals surface area contributed by atoms with Crippen LogP contribution in [0.4, 0.5) is 5.69 Å². The standard InChI is InChI=1S/C28H36N4O4/c1-18-14-32(19(2)17-33)28(35)23-13-21(10-11-25(23)36-26(18)16-30(3)4)29-27(34)12-20-15-31(5)24-9-7-6-8-22(20)24/h6-11,13,15,18-19,26,33H,12,14,16-17H2,1-5H3,(H,29,34)/t18-,19-,26-/m0/s1. The average Bonchev–Trinajstić information content (AvgIpc) is 3.16. The number of anilines is 1. The van der Waals surface area contributed by atoms with Crippen molar-refractivity contribution < 1.29 is 19.4 Å². The van der Waals surface area contributed by atoms with Gasteiger partial charge in [0.1, 0.15) is 11.9 Å². The fourth-order valence-corrected chi connectivity index (χ4v) is 4.82. The molecule has 0 saturated heterocycles. The number of aliphatic hydroxyl groups is 1. The number of hydrogen-bond acceptors (Lipinski definition) is 5. The largest absolute Gasteiger partial charge is 0.488 e. The highest BCUT2D eigenvalue weighted by atomic mass is 16.5. The molecule has 2 heterocycles. The molecule has 1 aliphatic heterocycles. The minimum Gasteiger partial charge on any atom is -0.488 e. The number of rotatable bonds is 7. The molecule has 1 aromatic heterocycles. The fraction of sp³-hybridized carbons (Fsp3) is 0.429. The quantitative estimate of drug-likeness (QED) is 0.529. The monoisotopic (exact) mass is 492 g/mol. The van der Waals surface area contributed by atoms with Crippen LogP contribution in [0.25, 0.3) is 10.9 Å². The maximum absolute atomic E-state index is 13.6. The molecule has 0 fully saturated rings. The number of carbonyl (C=O) groups is 2. The Hall–Kier alpha value is -3.36. The molecule has 8 nitrogen and oxygen atoms in total. The molecular weight excluding hydrogens is 456 g/mol. The topological polar surface area (TPSA) is 87.0 Å². The van der Waals surface area contributed by atoms with Gasteiger partial charge in [-0.25, -0.2) is 0 Å². The Labute approximate surface area is 212 Å². The molecule has 0 aliphatic carbocycles. The van der Waals surface area contributed by atoms with Crippen molar-refractivity contribution in [2.75, 3.05) is 39.1 Å². The van der Waals surface area contributed by atoms with Gasteiger partial charge in [-0.3, -0.25) is 9.59 Å². The van der Waals surface area contributed by atoms with Crippen molar-refractivity contribution in [3.05, 3.63) is 59.8 Å². The lowest BCUT2D eigenvalue weighted by Crippen LogP contribution is -2.49. The maximum Gasteiger partial charge on any atom is 0.258 e. The SMILES string of the molecule is C[C@H]1CN([C@@H](C)CO)C(=O)c2cc(NC(=O)Cc3cn(C)c4ccccc34)ccc2O[C@H]1CN(C)C. The molecule has 8 heteroatoms. The van der Waals surface area contributed by atoms with Crippen LogP contribution < -0.4 is 10.1 Å². The summed E-state index contributed by atoms with van der Waals surface area (Å²) in [6, 6.07) is 12.9. The van der Waals surface area contributed by atoms with Gasteiger partial charge in [0, 0.05) is 48.8 Å². The number of hydrogen-bond donors (Lipinski definition) is 2. The van der Waals surface area contributed by atoms with Crippen LogP contribution in [0.2, 0.25) is 0 Å². The van der Waals surface area contributed by atoms with Gasteiger partial charge >= 0.3 is 0 Å². The molecule has 0 radical (unpaired) electrons. The van der Waals surface area contributed by atoms with Crippen molar-refractivity contribution in [1.82, 2.24) is 14.4 Å². The van der Waals surface area contributed by atoms with Crippen LogP contribution in [0.15, 0.2) is 48.7 Å². The normalized spacial score (nSPS) is 19.0. The van der Waals surface area contributed by atoms with E-state index in [1.54, 1.807) is 23.1 Å². The van der Waals surface area contributed by atoms with Gasteiger partial charge in [0.2, 0.25) is 5.91 Å². The van der Waals surface area contributed by atoms with Crippen molar-refractivity contribution in [2.24, 2.45) is 13.0 Å². The Kier molecular flexibility index (Phi) is 7.66. The van der Waals surface area contributed by atoms with Crippen LogP contribution in [0.5, 0.6) is 5.75 Å². The second kappa shape index (κ2) is 10.7. The van der Waals surface area contributed by atoms with Gasteiger partial charge in [-0.05, 0) is 50.8 Å². The van der Waals surface area contributed by atoms with Crippen LogP contribution in [-0.2, 0) is 18.3 Å². The lowest BCUT2D eigenvalue weighted by Gasteiger charge is -2.37. The zero-order chi connectivity index (χ0) is 26.0. The van der Waals surface area contributed by atoms with Gasteiger partial charge in [-0.2, -0.15) is 0 Å². The minimum absolute atomic E-state index is 0.0681. The Balaban J connectivity index is 1.60. The van der Waals surface area contributed by atoms with E-state index in [0.29, 0.717) is 30.1 Å². The molecule has 1 aliphatic rings. The number of aryl methyl sites for hydroxylation is 1. The molecule has 4 rings (SSSR count). The summed E-state index contributed by atoms with van der Waals surface area (Å²) < 4.78 is 8.35. The van der Waals surface area contributed by atoms with Crippen LogP contribution in [0.1, 0.15) is 29.8 Å². The Morgan fingerprint density at radius 2 is 2.00 bits per heavy atom. The minimum atomic E-state index is -0.337. The van der Waals surface area contributed by atoms with Crippen LogP contribution in [0, 0.1) is 5.92 Å². The van der Waals surface area contributed by atoms with Crippen molar-refractivity contribution in [1.29, 1.82) is 0 Å². The van der Waals surface area contributed by atoms with Gasteiger partial charge in [0.25, 0.3) is 5.91 Å². The number of aliphatic hydroxyl groups excluding tert-OH is 1. The zero-order valence-corrected chi connectivity index (χ0v) is 21.7. The van der Waals surface area contributed by atoms with Gasteiger partial charge in [0.05, 0.1) is 24.6 Å². The predicted molar refractivity (Wildman–Crippen MR) is 141 cm³/mol. The highest BCUT2D eigenvalue weighted by Crippen LogP contribution is 2.31. The molecule has 2 amide bonds. The third kappa shape index (κ3) is 5.39. The van der Waals surface area contributed by atoms with Gasteiger partial charge in [0.15, 0.2) is 0 Å². The number of nitrogens with one attached hydrogen (secondary N) is 1. The van der Waals surface area contributed by atoms with Crippen LogP contribution >= 0.6 is 0 Å². The van der Waals surface area contributed by atoms with Crippen LogP contribution in [0.3, 0.4) is 0 Å². The van der Waals surface area contributed by atoms with Gasteiger partial charge in [-0.15, -0.1) is 0 Å². The predicted octanol–water partition coefficient (Wildman–Crippen LogP) is 3.14. The van der Waals surface area contributed by atoms with Gasteiger partial charge in [-0.1, -0.05) is 25.1 Å². The summed E-state index contributed by atoms with van der Waals surface area (Å²) >= 11 is 0. The number of aromatic nitrogens is 1. The first kappa shape index (κ1) is 25.7. The summed E-state index contributed by atoms with van der Waals surface area (Å²) in [6.45, 7) is 4.93. The second-order valence-corrected chi connectivity index (χ2v) is 10.1. The Morgan fingerprint density at radius 1 is 1.25 bits per heavy atom. The number of likely N-dealkylation sites (N-methyl/N-ethyl adjacent to an activating group) is 1. The third-order valence-electron chi connectivity index (χ3n) is 6.82. The summed E-state index contributed by atoms with van der Waals surface area (Å²) in [6.07, 6.45) is 2.06. The highest BCUT2D eigenvalue weighted by molar-refractivity contribution is 6.00. The molecule has 36 heavy (non-hydrogen) atoms. The van der Waals surface area contributed by atoms with Crippen molar-refractivity contribution in [3.8, 4) is 5.75 Å². The third-order valence-corrected chi connectivity index (χ3v) is 6.82. The van der Waals surface area contributed by atoms with E-state index in [9.17, 15) is 14.7 Å². The number of fused-ring (bicyclic) bond motifs is 2. The highest BCUT2D eigenvalue weighted by Gasteiger charge is 2.33. The average molecular weight is 493 g/mol. The number of carbonyl (C=O) groups excluding carboxylic acids is 2. The summed E-state index contributed by atoms with van der Waals surface area (Å²) in [5.41, 5.74) is 2.93. The molecule has 192 valence electrons. The van der Waals surface area contributed by atoms with E-state index in [1.807, 2.05) is 63.1 Å². The second-order valence-electron chi connectivity index (χ2n) is 10.1. The summed E-state index contributed by atoms with van der Waals surface area (Å²) in [4.78, 5) is 30.3. The fourth-order valence-electron chi connectivity index (χ4n) is 4.82. The van der Waals surface area contributed by atoms with Crippen molar-refractivity contribution in [3.63, 3.8) is 0 Å². The number of para-hydroxylation sites is 1. The molecule has 3 aromatic rings. The maximum atomic E-state index is 13.6. The van der Waals surface area contributed by atoms with Gasteiger partial charge < -0.3 is 29.5 Å². The number of nitrogens with zero attached hydrogens (tertiary/aromatic N) is 3. The lowest BCUT2D eigenvalue weighted by atomic mass is 9.99. The van der Waals surface area contributed by atoms with E-state index in [0.717, 1.165) is 16.5 Å². The van der Waals surface area contributed by atoms with E-state index in [-0.39, 0.29) is 42.9 Å². The molecule has 0 spiro atoms. The number of benzene rings is 2. The molecule has 2 aromatic carbocycles. The van der Waals surface area contributed by atoms with E-state index in [4.69, 9.17) is 4.74 Å². The summed E-state index contributed by atoms with van der Waals surface area (Å²) in [7, 11) is 5.95. The molecule has 2 N–H and O–H groups in total. The molecular formula is C28H36N4O4. The van der Waals surface area contributed by atoms with Crippen molar-refractivity contribution in [2.45, 2.75) is 32.4 Å². The summed E-state index contributed by atoms with van der Waals surface area (Å²) in [5, 5.41) is 13.8. The Bertz CT molecular complexity index is 1250. The first-order valence-corrected chi connectivity index (χ1v) is 12.4. The molecule has 0 bridgehead atoms. The Morgan fingerprint density at radius 3 is 2.72 bits per heavy atom. The number of amides is 2. The first-order valence-electron chi connectivity index (χ1n) is 12.4. The molecule has 3 atom stereocenters. The molecule has 0 saturated carbocycles. The van der Waals surface area contributed by atoms with E-state index in [2.05, 4.69) is 17.1 Å². The number of ether oxygens (including phenoxy) is 1. The van der Waals surface area contributed by atoms with E-state index < -0.39 is 0 Å². The van der Waals surface area contributed by atoms with Crippen LogP contribution in [-0.4, -0.2) is 77.2 Å². The molecule has 0 unspecified atom stereocenters. The summed E-state index contributed by atoms with van der Waals surface area (Å²) in [5.74, 6) is 0.177. The smallest absolute Gasteiger partial charge is 0.258 e. The van der Waals surface area contributed by atoms with Crippen molar-refractivity contribution >= 4 is 28.4 Å².